The van der Waals surface area contributed by atoms with E-state index in [2.05, 4.69) is 24.4 Å². The van der Waals surface area contributed by atoms with E-state index < -0.39 is 0 Å². The average Bonchev–Trinajstić information content (AvgIpc) is 3.33. The number of hydrogen-bond acceptors (Lipinski definition) is 3. The van der Waals surface area contributed by atoms with Crippen LogP contribution < -0.4 is 10.1 Å². The molecule has 1 aromatic carbocycles. The molecule has 1 aliphatic rings. The fraction of sp³-hybridized carbons (Fsp3) is 0.588. The van der Waals surface area contributed by atoms with Crippen molar-refractivity contribution in [2.24, 2.45) is 0 Å². The molecule has 1 fully saturated rings. The van der Waals surface area contributed by atoms with Crippen molar-refractivity contribution in [1.29, 1.82) is 0 Å². The van der Waals surface area contributed by atoms with E-state index in [9.17, 15) is 4.79 Å². The fourth-order valence-electron chi connectivity index (χ4n) is 2.66. The molecule has 0 aromatic heterocycles. The van der Waals surface area contributed by atoms with Crippen molar-refractivity contribution in [3.05, 3.63) is 29.8 Å². The van der Waals surface area contributed by atoms with Gasteiger partial charge in [-0.05, 0) is 50.9 Å². The number of benzene rings is 1. The Balaban J connectivity index is 1.87. The van der Waals surface area contributed by atoms with E-state index in [1.807, 2.05) is 31.0 Å². The van der Waals surface area contributed by atoms with E-state index in [0.717, 1.165) is 31.6 Å². The summed E-state index contributed by atoms with van der Waals surface area (Å²) >= 11 is 0. The molecule has 1 unspecified atom stereocenters. The molecule has 0 heterocycles. The van der Waals surface area contributed by atoms with Gasteiger partial charge < -0.3 is 15.0 Å². The highest BCUT2D eigenvalue weighted by Crippen LogP contribution is 2.26. The van der Waals surface area contributed by atoms with Crippen LogP contribution in [-0.4, -0.2) is 37.0 Å². The van der Waals surface area contributed by atoms with Crippen molar-refractivity contribution in [2.45, 2.75) is 45.2 Å². The zero-order valence-corrected chi connectivity index (χ0v) is 13.3. The number of likely N-dealkylation sites (N-methyl/N-ethyl adjacent to an activating group) is 1. The van der Waals surface area contributed by atoms with Gasteiger partial charge in [0.05, 0.1) is 0 Å². The van der Waals surface area contributed by atoms with E-state index in [4.69, 9.17) is 4.74 Å². The quantitative estimate of drug-likeness (QED) is 0.800. The SMILES string of the molecule is CCC(NC)c1ccc(OCC(=O)N(CC)C2CC2)cc1. The summed E-state index contributed by atoms with van der Waals surface area (Å²) in [6.07, 6.45) is 3.31. The van der Waals surface area contributed by atoms with Crippen LogP contribution in [0.1, 0.15) is 44.7 Å². The Hall–Kier alpha value is -1.55. The largest absolute Gasteiger partial charge is 0.484 e. The van der Waals surface area contributed by atoms with Crippen molar-refractivity contribution in [3.63, 3.8) is 0 Å². The van der Waals surface area contributed by atoms with Crippen molar-refractivity contribution >= 4 is 5.91 Å². The lowest BCUT2D eigenvalue weighted by atomic mass is 10.1. The number of nitrogens with zero attached hydrogens (tertiary/aromatic N) is 1. The molecule has 0 spiro atoms. The first-order chi connectivity index (χ1) is 10.2. The van der Waals surface area contributed by atoms with Gasteiger partial charge in [-0.25, -0.2) is 0 Å². The maximum absolute atomic E-state index is 12.1. The van der Waals surface area contributed by atoms with Crippen LogP contribution >= 0.6 is 0 Å². The molecule has 0 aliphatic heterocycles. The van der Waals surface area contributed by atoms with Gasteiger partial charge in [0.1, 0.15) is 5.75 Å². The van der Waals surface area contributed by atoms with Crippen LogP contribution in [0.2, 0.25) is 0 Å². The lowest BCUT2D eigenvalue weighted by Gasteiger charge is -2.20. The normalized spacial score (nSPS) is 15.6. The highest BCUT2D eigenvalue weighted by molar-refractivity contribution is 5.78. The van der Waals surface area contributed by atoms with Gasteiger partial charge in [0, 0.05) is 18.6 Å². The van der Waals surface area contributed by atoms with Crippen molar-refractivity contribution in [2.75, 3.05) is 20.2 Å². The molecular weight excluding hydrogens is 264 g/mol. The molecule has 2 rings (SSSR count). The number of hydrogen-bond donors (Lipinski definition) is 1. The highest BCUT2D eigenvalue weighted by atomic mass is 16.5. The summed E-state index contributed by atoms with van der Waals surface area (Å²) < 4.78 is 5.62. The van der Waals surface area contributed by atoms with Gasteiger partial charge in [0.2, 0.25) is 0 Å². The average molecular weight is 290 g/mol. The van der Waals surface area contributed by atoms with Gasteiger partial charge >= 0.3 is 0 Å². The summed E-state index contributed by atoms with van der Waals surface area (Å²) in [6, 6.07) is 8.82. The molecule has 1 aliphatic carbocycles. The number of rotatable bonds is 8. The zero-order valence-electron chi connectivity index (χ0n) is 13.3. The van der Waals surface area contributed by atoms with E-state index >= 15 is 0 Å². The van der Waals surface area contributed by atoms with Crippen LogP contribution in [0, 0.1) is 0 Å². The lowest BCUT2D eigenvalue weighted by Crippen LogP contribution is -2.36. The first-order valence-corrected chi connectivity index (χ1v) is 7.89. The van der Waals surface area contributed by atoms with Crippen LogP contribution in [-0.2, 0) is 4.79 Å². The minimum Gasteiger partial charge on any atom is -0.484 e. The highest BCUT2D eigenvalue weighted by Gasteiger charge is 2.31. The maximum atomic E-state index is 12.1. The Kier molecular flexibility index (Phi) is 5.62. The molecule has 21 heavy (non-hydrogen) atoms. The van der Waals surface area contributed by atoms with Crippen LogP contribution in [0.25, 0.3) is 0 Å². The number of carbonyl (C=O) groups excluding carboxylic acids is 1. The van der Waals surface area contributed by atoms with E-state index in [1.165, 1.54) is 5.56 Å². The van der Waals surface area contributed by atoms with E-state index in [-0.39, 0.29) is 12.5 Å². The molecule has 4 nitrogen and oxygen atoms in total. The molecule has 4 heteroatoms. The van der Waals surface area contributed by atoms with Crippen LogP contribution in [0.15, 0.2) is 24.3 Å². The second-order valence-electron chi connectivity index (χ2n) is 5.52. The number of ether oxygens (including phenoxy) is 1. The van der Waals surface area contributed by atoms with Crippen molar-refractivity contribution in [3.8, 4) is 5.75 Å². The summed E-state index contributed by atoms with van der Waals surface area (Å²) in [6.45, 7) is 5.08. The molecule has 1 saturated carbocycles. The molecular formula is C17H26N2O2. The lowest BCUT2D eigenvalue weighted by molar-refractivity contribution is -0.133. The Bertz CT molecular complexity index is 450. The number of amides is 1. The van der Waals surface area contributed by atoms with Crippen LogP contribution in [0.5, 0.6) is 5.75 Å². The Morgan fingerprint density at radius 1 is 1.33 bits per heavy atom. The predicted molar refractivity (Wildman–Crippen MR) is 84.4 cm³/mol. The third-order valence-electron chi connectivity index (χ3n) is 4.05. The van der Waals surface area contributed by atoms with E-state index in [0.29, 0.717) is 12.1 Å². The smallest absolute Gasteiger partial charge is 0.260 e. The van der Waals surface area contributed by atoms with Gasteiger partial charge in [0.15, 0.2) is 6.61 Å². The topological polar surface area (TPSA) is 41.6 Å². The maximum Gasteiger partial charge on any atom is 0.260 e. The van der Waals surface area contributed by atoms with Crippen LogP contribution in [0.4, 0.5) is 0 Å². The Labute approximate surface area is 127 Å². The molecule has 0 bridgehead atoms. The summed E-state index contributed by atoms with van der Waals surface area (Å²) in [5.74, 6) is 0.843. The number of nitrogens with one attached hydrogen (secondary N) is 1. The standard InChI is InChI=1S/C17H26N2O2/c1-4-16(18-3)13-6-10-15(11-7-13)21-12-17(20)19(5-2)14-8-9-14/h6-7,10-11,14,16,18H,4-5,8-9,12H2,1-3H3. The van der Waals surface area contributed by atoms with Crippen molar-refractivity contribution < 1.29 is 9.53 Å². The van der Waals surface area contributed by atoms with Gasteiger partial charge in [-0.15, -0.1) is 0 Å². The van der Waals surface area contributed by atoms with Crippen molar-refractivity contribution in [1.82, 2.24) is 10.2 Å². The minimum absolute atomic E-state index is 0.0886. The van der Waals surface area contributed by atoms with Crippen LogP contribution in [0.3, 0.4) is 0 Å². The van der Waals surface area contributed by atoms with Gasteiger partial charge in [-0.2, -0.15) is 0 Å². The second kappa shape index (κ2) is 7.46. The first kappa shape index (κ1) is 15.8. The zero-order chi connectivity index (χ0) is 15.2. The molecule has 1 amide bonds. The molecule has 1 N–H and O–H groups in total. The predicted octanol–water partition coefficient (Wildman–Crippen LogP) is 2.75. The van der Waals surface area contributed by atoms with Gasteiger partial charge in [0.25, 0.3) is 5.91 Å². The summed E-state index contributed by atoms with van der Waals surface area (Å²) in [7, 11) is 1.97. The first-order valence-electron chi connectivity index (χ1n) is 7.89. The summed E-state index contributed by atoms with van der Waals surface area (Å²) in [5.41, 5.74) is 1.24. The molecule has 1 atom stereocenters. The third kappa shape index (κ3) is 4.21. The monoisotopic (exact) mass is 290 g/mol. The number of carbonyl (C=O) groups is 1. The molecule has 0 saturated heterocycles. The second-order valence-corrected chi connectivity index (χ2v) is 5.52. The Morgan fingerprint density at radius 3 is 2.48 bits per heavy atom. The molecule has 116 valence electrons. The third-order valence-corrected chi connectivity index (χ3v) is 4.05. The van der Waals surface area contributed by atoms with Gasteiger partial charge in [-0.3, -0.25) is 4.79 Å². The van der Waals surface area contributed by atoms with E-state index in [1.54, 1.807) is 0 Å². The fourth-order valence-corrected chi connectivity index (χ4v) is 2.66. The molecule has 1 aromatic rings. The Morgan fingerprint density at radius 2 is 2.00 bits per heavy atom. The molecule has 0 radical (unpaired) electrons. The van der Waals surface area contributed by atoms with Gasteiger partial charge in [-0.1, -0.05) is 19.1 Å². The minimum atomic E-state index is 0.0886. The summed E-state index contributed by atoms with van der Waals surface area (Å²) in [5, 5.41) is 3.28. The summed E-state index contributed by atoms with van der Waals surface area (Å²) in [4.78, 5) is 14.0.